The normalized spacial score (nSPS) is 17.7. The van der Waals surface area contributed by atoms with Crippen LogP contribution in [0.2, 0.25) is 0 Å². The van der Waals surface area contributed by atoms with Gasteiger partial charge in [-0.25, -0.2) is 0 Å². The van der Waals surface area contributed by atoms with Crippen LogP contribution in [0.25, 0.3) is 10.4 Å². The third-order valence-electron chi connectivity index (χ3n) is 4.63. The van der Waals surface area contributed by atoms with Gasteiger partial charge in [-0.1, -0.05) is 6.42 Å². The maximum absolute atomic E-state index is 12.1. The van der Waals surface area contributed by atoms with Gasteiger partial charge in [-0.15, -0.1) is 11.3 Å². The summed E-state index contributed by atoms with van der Waals surface area (Å²) in [7, 11) is 2.13. The number of pyridine rings is 1. The number of unbranched alkanes of at least 4 members (excludes halogenated alkanes) is 2. The summed E-state index contributed by atoms with van der Waals surface area (Å²) in [4.78, 5) is 7.85. The average molecular weight is 348 g/mol. The summed E-state index contributed by atoms with van der Waals surface area (Å²) in [6.07, 6.45) is 8.60. The number of ether oxygens (including phenoxy) is 1. The Hall–Kier alpha value is -1.46. The van der Waals surface area contributed by atoms with E-state index in [4.69, 9.17) is 4.74 Å². The molecule has 1 saturated heterocycles. The van der Waals surface area contributed by atoms with Gasteiger partial charge in [-0.3, -0.25) is 14.3 Å². The number of alkyl halides is 1. The van der Waals surface area contributed by atoms with E-state index in [1.165, 1.54) is 16.9 Å². The van der Waals surface area contributed by atoms with Gasteiger partial charge < -0.3 is 4.74 Å². The monoisotopic (exact) mass is 348 g/mol. The van der Waals surface area contributed by atoms with E-state index in [1.807, 2.05) is 6.20 Å². The Bertz CT molecular complexity index is 646. The number of likely N-dealkylation sites (tertiary alicyclic amines) is 1. The van der Waals surface area contributed by atoms with Crippen LogP contribution in [0.5, 0.6) is 5.75 Å². The summed E-state index contributed by atoms with van der Waals surface area (Å²) >= 11 is 1.74. The van der Waals surface area contributed by atoms with Crippen LogP contribution in [0.1, 0.15) is 31.2 Å². The van der Waals surface area contributed by atoms with Gasteiger partial charge >= 0.3 is 0 Å². The molecule has 2 aromatic heterocycles. The summed E-state index contributed by atoms with van der Waals surface area (Å²) in [5.41, 5.74) is 2.44. The van der Waals surface area contributed by atoms with Crippen molar-refractivity contribution < 1.29 is 9.13 Å². The molecule has 1 aliphatic heterocycles. The molecule has 0 aromatic carbocycles. The van der Waals surface area contributed by atoms with Crippen molar-refractivity contribution in [1.29, 1.82) is 0 Å². The smallest absolute Gasteiger partial charge is 0.138 e. The summed E-state index contributed by atoms with van der Waals surface area (Å²) in [6, 6.07) is 4.83. The molecule has 1 atom stereocenters. The van der Waals surface area contributed by atoms with Crippen molar-refractivity contribution in [2.24, 2.45) is 0 Å². The van der Waals surface area contributed by atoms with Crippen molar-refractivity contribution >= 4 is 11.3 Å². The molecule has 3 heterocycles. The Morgan fingerprint density at radius 2 is 2.21 bits per heavy atom. The Balaban J connectivity index is 1.56. The number of thiophene rings is 1. The van der Waals surface area contributed by atoms with Crippen molar-refractivity contribution in [1.82, 2.24) is 9.88 Å². The van der Waals surface area contributed by atoms with E-state index in [-0.39, 0.29) is 6.67 Å². The number of hydrogen-bond donors (Lipinski definition) is 0. The maximum Gasteiger partial charge on any atom is 0.138 e. The Morgan fingerprint density at radius 3 is 2.96 bits per heavy atom. The van der Waals surface area contributed by atoms with E-state index in [0.29, 0.717) is 12.5 Å². The first-order valence-corrected chi connectivity index (χ1v) is 9.56. The highest BCUT2D eigenvalue weighted by Crippen LogP contribution is 2.30. The van der Waals surface area contributed by atoms with Gasteiger partial charge in [0.25, 0.3) is 0 Å². The molecule has 24 heavy (non-hydrogen) atoms. The number of likely N-dealkylation sites (N-methyl/N-ethyl adjacent to an activating group) is 1. The minimum Gasteiger partial charge on any atom is -0.490 e. The van der Waals surface area contributed by atoms with Gasteiger partial charge in [-0.2, -0.15) is 0 Å². The van der Waals surface area contributed by atoms with Crippen LogP contribution in [-0.4, -0.2) is 42.8 Å². The highest BCUT2D eigenvalue weighted by Gasteiger charge is 2.24. The van der Waals surface area contributed by atoms with Crippen molar-refractivity contribution in [3.05, 3.63) is 35.5 Å². The van der Waals surface area contributed by atoms with Gasteiger partial charge in [0.1, 0.15) is 12.4 Å². The Labute approximate surface area is 147 Å². The zero-order valence-electron chi connectivity index (χ0n) is 14.2. The van der Waals surface area contributed by atoms with Crippen LogP contribution in [0.4, 0.5) is 4.39 Å². The van der Waals surface area contributed by atoms with E-state index >= 15 is 0 Å². The zero-order valence-corrected chi connectivity index (χ0v) is 15.0. The van der Waals surface area contributed by atoms with Crippen LogP contribution in [0.3, 0.4) is 0 Å². The van der Waals surface area contributed by atoms with Crippen molar-refractivity contribution in [3.63, 3.8) is 0 Å². The number of halogens is 1. The van der Waals surface area contributed by atoms with E-state index < -0.39 is 0 Å². The molecule has 0 radical (unpaired) electrons. The molecule has 0 N–H and O–H groups in total. The topological polar surface area (TPSA) is 25.4 Å². The third kappa shape index (κ3) is 4.54. The predicted molar refractivity (Wildman–Crippen MR) is 97.6 cm³/mol. The van der Waals surface area contributed by atoms with E-state index in [1.54, 1.807) is 17.5 Å². The molecule has 3 rings (SSSR count). The molecule has 0 aliphatic carbocycles. The molecule has 130 valence electrons. The van der Waals surface area contributed by atoms with Crippen LogP contribution in [0.15, 0.2) is 29.9 Å². The third-order valence-corrected chi connectivity index (χ3v) is 5.66. The van der Waals surface area contributed by atoms with Crippen molar-refractivity contribution in [3.8, 4) is 16.2 Å². The second-order valence-corrected chi connectivity index (χ2v) is 7.37. The average Bonchev–Trinajstić information content (AvgIpc) is 3.07. The summed E-state index contributed by atoms with van der Waals surface area (Å²) in [5.74, 6) is 0.839. The number of rotatable bonds is 9. The summed E-state index contributed by atoms with van der Waals surface area (Å²) in [6.45, 7) is 1.69. The van der Waals surface area contributed by atoms with Gasteiger partial charge in [0.2, 0.25) is 0 Å². The highest BCUT2D eigenvalue weighted by molar-refractivity contribution is 7.13. The zero-order chi connectivity index (χ0) is 16.8. The van der Waals surface area contributed by atoms with E-state index in [2.05, 4.69) is 34.4 Å². The number of aryl methyl sites for hydroxylation is 1. The number of aromatic nitrogens is 1. The standard InChI is InChI=1S/C19H25FN2OS/c1-22-8-6-17(22)13-23-18-10-16(11-21-12-18)19-9-15(14-24-19)5-3-2-4-7-20/h9-12,14,17H,2-8,13H2,1H3/t17-/m0/s1. The lowest BCUT2D eigenvalue weighted by Crippen LogP contribution is -2.48. The molecule has 0 bridgehead atoms. The quantitative estimate of drug-likeness (QED) is 0.621. The lowest BCUT2D eigenvalue weighted by Gasteiger charge is -2.37. The first-order valence-electron chi connectivity index (χ1n) is 8.68. The summed E-state index contributed by atoms with van der Waals surface area (Å²) < 4.78 is 18.0. The van der Waals surface area contributed by atoms with Crippen LogP contribution >= 0.6 is 11.3 Å². The largest absolute Gasteiger partial charge is 0.490 e. The molecular formula is C19H25FN2OS. The molecule has 0 saturated carbocycles. The predicted octanol–water partition coefficient (Wildman–Crippen LogP) is 4.58. The SMILES string of the molecule is CN1CC[C@H]1COc1cncc(-c2cc(CCCCCF)cs2)c1. The molecule has 5 heteroatoms. The minimum absolute atomic E-state index is 0.204. The van der Waals surface area contributed by atoms with Crippen molar-refractivity contribution in [2.75, 3.05) is 26.9 Å². The van der Waals surface area contributed by atoms with Crippen LogP contribution in [-0.2, 0) is 6.42 Å². The van der Waals surface area contributed by atoms with E-state index in [0.717, 1.165) is 43.7 Å². The van der Waals surface area contributed by atoms with E-state index in [9.17, 15) is 4.39 Å². The lowest BCUT2D eigenvalue weighted by atomic mass is 10.1. The van der Waals surface area contributed by atoms with Crippen LogP contribution in [0, 0.1) is 0 Å². The minimum atomic E-state index is -0.204. The maximum atomic E-state index is 12.1. The molecule has 1 aliphatic rings. The fourth-order valence-corrected chi connectivity index (χ4v) is 3.80. The highest BCUT2D eigenvalue weighted by atomic mass is 32.1. The van der Waals surface area contributed by atoms with Gasteiger partial charge in [0.05, 0.1) is 12.9 Å². The molecule has 0 amide bonds. The molecular weight excluding hydrogens is 323 g/mol. The Morgan fingerprint density at radius 1 is 1.29 bits per heavy atom. The Kier molecular flexibility index (Phi) is 6.21. The fourth-order valence-electron chi connectivity index (χ4n) is 2.86. The lowest BCUT2D eigenvalue weighted by molar-refractivity contribution is 0.0768. The summed E-state index contributed by atoms with van der Waals surface area (Å²) in [5, 5.41) is 2.20. The fraction of sp³-hybridized carbons (Fsp3) is 0.526. The molecule has 1 fully saturated rings. The number of hydrogen-bond acceptors (Lipinski definition) is 4. The first-order chi connectivity index (χ1) is 11.8. The van der Waals surface area contributed by atoms with Crippen LogP contribution < -0.4 is 4.74 Å². The second-order valence-electron chi connectivity index (χ2n) is 6.46. The molecule has 0 spiro atoms. The van der Waals surface area contributed by atoms with Gasteiger partial charge in [0, 0.05) is 22.7 Å². The molecule has 0 unspecified atom stereocenters. The first kappa shape index (κ1) is 17.4. The molecule has 2 aromatic rings. The molecule has 3 nitrogen and oxygen atoms in total. The number of nitrogens with zero attached hydrogens (tertiary/aromatic N) is 2. The van der Waals surface area contributed by atoms with Gasteiger partial charge in [0.15, 0.2) is 0 Å². The van der Waals surface area contributed by atoms with Gasteiger partial charge in [-0.05, 0) is 62.4 Å². The second kappa shape index (κ2) is 8.58. The van der Waals surface area contributed by atoms with Crippen molar-refractivity contribution in [2.45, 2.75) is 38.1 Å².